The Morgan fingerprint density at radius 1 is 1.03 bits per heavy atom. The summed E-state index contributed by atoms with van der Waals surface area (Å²) in [5, 5.41) is 8.35. The number of methoxy groups -OCH3 is 2. The van der Waals surface area contributed by atoms with Crippen LogP contribution in [0.2, 0.25) is 0 Å². The molecule has 0 aliphatic rings. The third-order valence-corrected chi connectivity index (χ3v) is 5.05. The second kappa shape index (κ2) is 8.06. The fourth-order valence-corrected chi connectivity index (χ4v) is 3.58. The van der Waals surface area contributed by atoms with Crippen molar-refractivity contribution in [3.8, 4) is 22.8 Å². The van der Waals surface area contributed by atoms with Gasteiger partial charge in [0, 0.05) is 23.0 Å². The number of aromatic nitrogens is 5. The summed E-state index contributed by atoms with van der Waals surface area (Å²) in [5.74, 6) is 1.40. The first kappa shape index (κ1) is 19.8. The number of fused-ring (bicyclic) bond motifs is 1. The number of halogens is 1. The molecule has 0 N–H and O–H groups in total. The Bertz CT molecular complexity index is 1220. The van der Waals surface area contributed by atoms with Crippen LogP contribution in [0.3, 0.4) is 0 Å². The summed E-state index contributed by atoms with van der Waals surface area (Å²) in [7, 11) is 3.13. The molecule has 3 aromatic heterocycles. The number of nitrogens with zero attached hydrogens (tertiary/aromatic N) is 5. The molecule has 3 heterocycles. The Balaban J connectivity index is 1.71. The molecule has 0 atom stereocenters. The fraction of sp³-hybridized carbons (Fsp3) is 0.273. The number of rotatable bonds is 6. The van der Waals surface area contributed by atoms with E-state index >= 15 is 0 Å². The van der Waals surface area contributed by atoms with Crippen LogP contribution in [-0.2, 0) is 12.8 Å². The zero-order valence-corrected chi connectivity index (χ0v) is 17.3. The Morgan fingerprint density at radius 3 is 2.63 bits per heavy atom. The summed E-state index contributed by atoms with van der Waals surface area (Å²) in [4.78, 5) is 8.63. The van der Waals surface area contributed by atoms with Crippen molar-refractivity contribution < 1.29 is 13.9 Å². The van der Waals surface area contributed by atoms with Gasteiger partial charge in [0.15, 0.2) is 5.65 Å². The lowest BCUT2D eigenvalue weighted by molar-refractivity contribution is 0.397. The lowest BCUT2D eigenvalue weighted by Gasteiger charge is -2.13. The third-order valence-electron chi connectivity index (χ3n) is 5.05. The maximum absolute atomic E-state index is 14.5. The van der Waals surface area contributed by atoms with Crippen LogP contribution in [0.1, 0.15) is 22.6 Å². The monoisotopic (exact) mass is 407 g/mol. The predicted molar refractivity (Wildman–Crippen MR) is 110 cm³/mol. The van der Waals surface area contributed by atoms with Crippen molar-refractivity contribution in [1.82, 2.24) is 24.6 Å². The van der Waals surface area contributed by atoms with Crippen molar-refractivity contribution in [3.63, 3.8) is 0 Å². The van der Waals surface area contributed by atoms with E-state index in [1.807, 2.05) is 29.5 Å². The highest BCUT2D eigenvalue weighted by molar-refractivity contribution is 5.80. The summed E-state index contributed by atoms with van der Waals surface area (Å²) in [5.41, 5.74) is 4.54. The van der Waals surface area contributed by atoms with Crippen molar-refractivity contribution in [2.24, 2.45) is 0 Å². The molecular formula is C22H22FN5O2. The van der Waals surface area contributed by atoms with Gasteiger partial charge in [0.2, 0.25) is 5.88 Å². The highest BCUT2D eigenvalue weighted by atomic mass is 19.1. The summed E-state index contributed by atoms with van der Waals surface area (Å²) >= 11 is 0. The van der Waals surface area contributed by atoms with E-state index in [2.05, 4.69) is 20.2 Å². The first-order valence-electron chi connectivity index (χ1n) is 9.54. The second-order valence-electron chi connectivity index (χ2n) is 7.03. The van der Waals surface area contributed by atoms with Gasteiger partial charge in [-0.25, -0.2) is 9.37 Å². The summed E-state index contributed by atoms with van der Waals surface area (Å²) in [6.07, 6.45) is 4.45. The Morgan fingerprint density at radius 2 is 1.87 bits per heavy atom. The smallest absolute Gasteiger partial charge is 0.224 e. The van der Waals surface area contributed by atoms with Gasteiger partial charge in [0.1, 0.15) is 23.7 Å². The van der Waals surface area contributed by atoms with Gasteiger partial charge >= 0.3 is 0 Å². The van der Waals surface area contributed by atoms with Gasteiger partial charge < -0.3 is 9.47 Å². The maximum Gasteiger partial charge on any atom is 0.224 e. The number of pyridine rings is 1. The SMILES string of the molecule is COc1cc(C)cc(F)c1CCc1ccc(-c2cnc(C)nc2OC)c2nncn12. The molecule has 30 heavy (non-hydrogen) atoms. The van der Waals surface area contributed by atoms with E-state index in [1.165, 1.54) is 6.07 Å². The van der Waals surface area contributed by atoms with Gasteiger partial charge in [-0.15, -0.1) is 10.2 Å². The van der Waals surface area contributed by atoms with Crippen molar-refractivity contribution in [2.45, 2.75) is 26.7 Å². The standard InChI is InChI=1S/C22H22FN5O2/c1-13-9-19(23)17(20(10-13)29-3)8-6-15-5-7-16(21-27-25-12-28(15)21)18-11-24-14(2)26-22(18)30-4/h5,7,9-12H,6,8H2,1-4H3. The Labute approximate surface area is 173 Å². The molecule has 0 spiro atoms. The zero-order valence-electron chi connectivity index (χ0n) is 17.3. The van der Waals surface area contributed by atoms with Crippen LogP contribution in [0.15, 0.2) is 36.8 Å². The van der Waals surface area contributed by atoms with Gasteiger partial charge in [-0.05, 0) is 56.5 Å². The predicted octanol–water partition coefficient (Wildman–Crippen LogP) is 3.74. The molecule has 0 bridgehead atoms. The van der Waals surface area contributed by atoms with Crippen LogP contribution in [0, 0.1) is 19.7 Å². The van der Waals surface area contributed by atoms with Crippen LogP contribution in [-0.4, -0.2) is 38.8 Å². The second-order valence-corrected chi connectivity index (χ2v) is 7.03. The van der Waals surface area contributed by atoms with Crippen LogP contribution in [0.4, 0.5) is 4.39 Å². The van der Waals surface area contributed by atoms with E-state index in [0.29, 0.717) is 41.5 Å². The van der Waals surface area contributed by atoms with E-state index in [0.717, 1.165) is 22.4 Å². The Hall–Kier alpha value is -3.55. The lowest BCUT2D eigenvalue weighted by Crippen LogP contribution is -2.04. The minimum atomic E-state index is -0.259. The first-order chi connectivity index (χ1) is 14.5. The molecule has 0 aliphatic carbocycles. The fourth-order valence-electron chi connectivity index (χ4n) is 3.58. The van der Waals surface area contributed by atoms with Gasteiger partial charge in [-0.3, -0.25) is 4.40 Å². The summed E-state index contributed by atoms with van der Waals surface area (Å²) in [6, 6.07) is 7.29. The lowest BCUT2D eigenvalue weighted by atomic mass is 10.0. The van der Waals surface area contributed by atoms with Gasteiger partial charge in [-0.2, -0.15) is 4.98 Å². The average molecular weight is 407 g/mol. The van der Waals surface area contributed by atoms with E-state index in [9.17, 15) is 4.39 Å². The topological polar surface area (TPSA) is 74.4 Å². The van der Waals surface area contributed by atoms with E-state index in [1.54, 1.807) is 33.7 Å². The normalized spacial score (nSPS) is 11.1. The number of hydrogen-bond donors (Lipinski definition) is 0. The molecule has 0 saturated carbocycles. The number of benzene rings is 1. The van der Waals surface area contributed by atoms with Crippen LogP contribution < -0.4 is 9.47 Å². The zero-order chi connectivity index (χ0) is 21.3. The summed E-state index contributed by atoms with van der Waals surface area (Å²) < 4.78 is 27.2. The molecular weight excluding hydrogens is 385 g/mol. The average Bonchev–Trinajstić information content (AvgIpc) is 3.23. The molecule has 0 aliphatic heterocycles. The van der Waals surface area contributed by atoms with E-state index in [-0.39, 0.29) is 5.82 Å². The number of ether oxygens (including phenoxy) is 2. The molecule has 154 valence electrons. The first-order valence-corrected chi connectivity index (χ1v) is 9.54. The highest BCUT2D eigenvalue weighted by Crippen LogP contribution is 2.31. The minimum absolute atomic E-state index is 0.259. The summed E-state index contributed by atoms with van der Waals surface area (Å²) in [6.45, 7) is 3.65. The molecule has 1 aromatic carbocycles. The van der Waals surface area contributed by atoms with Gasteiger partial charge in [0.05, 0.1) is 19.8 Å². The molecule has 4 aromatic rings. The highest BCUT2D eigenvalue weighted by Gasteiger charge is 2.17. The van der Waals surface area contributed by atoms with Gasteiger partial charge in [-0.1, -0.05) is 0 Å². The van der Waals surface area contributed by atoms with Crippen LogP contribution in [0.5, 0.6) is 11.6 Å². The van der Waals surface area contributed by atoms with Crippen molar-refractivity contribution >= 4 is 5.65 Å². The van der Waals surface area contributed by atoms with Gasteiger partial charge in [0.25, 0.3) is 0 Å². The molecule has 4 rings (SSSR count). The van der Waals surface area contributed by atoms with Crippen molar-refractivity contribution in [3.05, 3.63) is 65.3 Å². The quantitative estimate of drug-likeness (QED) is 0.485. The molecule has 0 amide bonds. The molecule has 0 saturated heterocycles. The molecule has 0 fully saturated rings. The number of hydrogen-bond acceptors (Lipinski definition) is 6. The van der Waals surface area contributed by atoms with Crippen LogP contribution in [0.25, 0.3) is 16.8 Å². The molecule has 8 heteroatoms. The largest absolute Gasteiger partial charge is 0.496 e. The maximum atomic E-state index is 14.5. The number of aryl methyl sites for hydroxylation is 3. The third kappa shape index (κ3) is 3.56. The Kier molecular flexibility index (Phi) is 5.31. The molecule has 0 unspecified atom stereocenters. The molecule has 0 radical (unpaired) electrons. The minimum Gasteiger partial charge on any atom is -0.496 e. The van der Waals surface area contributed by atoms with Crippen LogP contribution >= 0.6 is 0 Å². The van der Waals surface area contributed by atoms with E-state index in [4.69, 9.17) is 9.47 Å². The van der Waals surface area contributed by atoms with Crippen molar-refractivity contribution in [2.75, 3.05) is 14.2 Å². The van der Waals surface area contributed by atoms with E-state index < -0.39 is 0 Å². The molecule has 7 nitrogen and oxygen atoms in total. The van der Waals surface area contributed by atoms with Crippen molar-refractivity contribution in [1.29, 1.82) is 0 Å².